The Morgan fingerprint density at radius 2 is 2.04 bits per heavy atom. The molecular weight excluding hydrogens is 300 g/mol. The number of benzene rings is 2. The predicted molar refractivity (Wildman–Crippen MR) is 92.8 cm³/mol. The summed E-state index contributed by atoms with van der Waals surface area (Å²) in [5, 5.41) is 20.0. The van der Waals surface area contributed by atoms with Gasteiger partial charge in [-0.05, 0) is 53.5 Å². The van der Waals surface area contributed by atoms with Crippen LogP contribution >= 0.6 is 0 Å². The fourth-order valence-corrected chi connectivity index (χ4v) is 3.75. The summed E-state index contributed by atoms with van der Waals surface area (Å²) in [5.74, 6) is 0.688. The molecule has 0 aliphatic heterocycles. The van der Waals surface area contributed by atoms with E-state index in [1.165, 1.54) is 11.1 Å². The minimum Gasteiger partial charge on any atom is -0.507 e. The summed E-state index contributed by atoms with van der Waals surface area (Å²) in [6.45, 7) is -0.0256. The quantitative estimate of drug-likeness (QED) is 0.688. The summed E-state index contributed by atoms with van der Waals surface area (Å²) in [6.07, 6.45) is 6.66. The number of aliphatic hydroxyl groups excluding tert-OH is 1. The van der Waals surface area contributed by atoms with Crippen molar-refractivity contribution < 1.29 is 10.2 Å². The van der Waals surface area contributed by atoms with Gasteiger partial charge in [-0.2, -0.15) is 0 Å². The highest BCUT2D eigenvalue weighted by Crippen LogP contribution is 2.41. The summed E-state index contributed by atoms with van der Waals surface area (Å²) >= 11 is 0. The van der Waals surface area contributed by atoms with Crippen molar-refractivity contribution in [3.8, 4) is 16.9 Å². The molecule has 3 aromatic rings. The Morgan fingerprint density at radius 3 is 2.79 bits per heavy atom. The van der Waals surface area contributed by atoms with E-state index in [-0.39, 0.29) is 12.4 Å². The molecular formula is C20H20N2O2. The first-order chi connectivity index (χ1) is 11.8. The van der Waals surface area contributed by atoms with E-state index in [0.29, 0.717) is 5.92 Å². The van der Waals surface area contributed by atoms with Gasteiger partial charge in [-0.25, -0.2) is 4.98 Å². The molecule has 1 heterocycles. The van der Waals surface area contributed by atoms with Crippen molar-refractivity contribution >= 4 is 0 Å². The average Bonchev–Trinajstić information content (AvgIpc) is 3.25. The van der Waals surface area contributed by atoms with Crippen LogP contribution in [0.15, 0.2) is 48.9 Å². The highest BCUT2D eigenvalue weighted by atomic mass is 16.3. The molecule has 1 unspecified atom stereocenters. The van der Waals surface area contributed by atoms with Crippen molar-refractivity contribution in [3.05, 3.63) is 71.3 Å². The van der Waals surface area contributed by atoms with Crippen molar-refractivity contribution in [2.75, 3.05) is 0 Å². The zero-order chi connectivity index (χ0) is 16.5. The number of H-pyrrole nitrogens is 1. The third-order valence-electron chi connectivity index (χ3n) is 4.95. The van der Waals surface area contributed by atoms with Crippen molar-refractivity contribution in [2.24, 2.45) is 0 Å². The van der Waals surface area contributed by atoms with Gasteiger partial charge in [0, 0.05) is 17.5 Å². The number of imidazole rings is 1. The second-order valence-electron chi connectivity index (χ2n) is 6.40. The summed E-state index contributed by atoms with van der Waals surface area (Å²) in [4.78, 5) is 7.28. The molecule has 4 rings (SSSR count). The van der Waals surface area contributed by atoms with Crippen molar-refractivity contribution in [3.63, 3.8) is 0 Å². The van der Waals surface area contributed by atoms with Crippen LogP contribution in [-0.4, -0.2) is 20.2 Å². The highest BCUT2D eigenvalue weighted by Gasteiger charge is 2.25. The first kappa shape index (κ1) is 15.0. The van der Waals surface area contributed by atoms with E-state index in [0.717, 1.165) is 41.6 Å². The summed E-state index contributed by atoms with van der Waals surface area (Å²) in [7, 11) is 0. The Morgan fingerprint density at radius 1 is 1.17 bits per heavy atom. The summed E-state index contributed by atoms with van der Waals surface area (Å²) in [5.41, 5.74) is 6.34. The fraction of sp³-hybridized carbons (Fsp3) is 0.250. The minimum absolute atomic E-state index is 0.0256. The number of nitrogens with zero attached hydrogens (tertiary/aromatic N) is 1. The molecule has 0 saturated carbocycles. The molecule has 122 valence electrons. The van der Waals surface area contributed by atoms with E-state index < -0.39 is 0 Å². The van der Waals surface area contributed by atoms with Gasteiger partial charge < -0.3 is 15.2 Å². The number of aromatic hydroxyl groups is 1. The molecule has 24 heavy (non-hydrogen) atoms. The molecule has 2 aromatic carbocycles. The van der Waals surface area contributed by atoms with Gasteiger partial charge in [0.1, 0.15) is 5.75 Å². The van der Waals surface area contributed by atoms with Crippen molar-refractivity contribution in [2.45, 2.75) is 31.8 Å². The van der Waals surface area contributed by atoms with E-state index in [2.05, 4.69) is 22.1 Å². The minimum atomic E-state index is -0.0256. The van der Waals surface area contributed by atoms with Gasteiger partial charge in [-0.15, -0.1) is 0 Å². The Hall–Kier alpha value is -2.59. The van der Waals surface area contributed by atoms with E-state index in [9.17, 15) is 10.2 Å². The van der Waals surface area contributed by atoms with E-state index >= 15 is 0 Å². The number of rotatable bonds is 4. The molecule has 0 amide bonds. The van der Waals surface area contributed by atoms with Gasteiger partial charge in [-0.3, -0.25) is 0 Å². The first-order valence-corrected chi connectivity index (χ1v) is 8.28. The second-order valence-corrected chi connectivity index (χ2v) is 6.40. The molecule has 3 N–H and O–H groups in total. The number of fused-ring (bicyclic) bond motifs is 1. The maximum Gasteiger partial charge on any atom is 0.123 e. The molecule has 0 radical (unpaired) electrons. The van der Waals surface area contributed by atoms with Gasteiger partial charge in [0.15, 0.2) is 0 Å². The average molecular weight is 320 g/mol. The molecule has 1 aliphatic rings. The number of aromatic nitrogens is 2. The maximum absolute atomic E-state index is 10.2. The largest absolute Gasteiger partial charge is 0.507 e. The van der Waals surface area contributed by atoms with Crippen LogP contribution in [0.2, 0.25) is 0 Å². The Kier molecular flexibility index (Phi) is 3.82. The first-order valence-electron chi connectivity index (χ1n) is 8.28. The van der Waals surface area contributed by atoms with Crippen LogP contribution < -0.4 is 0 Å². The Labute approximate surface area is 140 Å². The van der Waals surface area contributed by atoms with Crippen LogP contribution in [0.4, 0.5) is 0 Å². The van der Waals surface area contributed by atoms with Crippen LogP contribution in [0.1, 0.15) is 34.7 Å². The zero-order valence-electron chi connectivity index (χ0n) is 13.4. The lowest BCUT2D eigenvalue weighted by molar-refractivity contribution is 0.282. The van der Waals surface area contributed by atoms with Crippen molar-refractivity contribution in [1.82, 2.24) is 9.97 Å². The number of aliphatic hydroxyl groups is 1. The van der Waals surface area contributed by atoms with Gasteiger partial charge in [0.05, 0.1) is 12.9 Å². The SMILES string of the molecule is OCc1cc2c(cc1-c1ccccc1O)C(Cc1cnc[nH]1)CC2. The van der Waals surface area contributed by atoms with Crippen LogP contribution in [0.3, 0.4) is 0 Å². The highest BCUT2D eigenvalue weighted by molar-refractivity contribution is 5.74. The zero-order valence-corrected chi connectivity index (χ0v) is 13.4. The fourth-order valence-electron chi connectivity index (χ4n) is 3.75. The Balaban J connectivity index is 1.77. The summed E-state index contributed by atoms with van der Waals surface area (Å²) in [6, 6.07) is 11.6. The topological polar surface area (TPSA) is 69.1 Å². The number of phenolic OH excluding ortho intramolecular Hbond substituents is 1. The van der Waals surface area contributed by atoms with Gasteiger partial charge >= 0.3 is 0 Å². The monoisotopic (exact) mass is 320 g/mol. The lowest BCUT2D eigenvalue weighted by atomic mass is 9.90. The number of aryl methyl sites for hydroxylation is 1. The molecule has 0 bridgehead atoms. The normalized spacial score (nSPS) is 16.3. The third kappa shape index (κ3) is 2.59. The number of phenols is 1. The summed E-state index contributed by atoms with van der Waals surface area (Å²) < 4.78 is 0. The number of nitrogens with one attached hydrogen (secondary N) is 1. The molecule has 1 aliphatic carbocycles. The van der Waals surface area contributed by atoms with E-state index in [1.807, 2.05) is 24.4 Å². The van der Waals surface area contributed by atoms with Crippen LogP contribution in [0, 0.1) is 0 Å². The third-order valence-corrected chi connectivity index (χ3v) is 4.95. The number of hydrogen-bond donors (Lipinski definition) is 3. The molecule has 0 spiro atoms. The predicted octanol–water partition coefficient (Wildman–Crippen LogP) is 3.55. The Bertz CT molecular complexity index is 856. The molecule has 0 fully saturated rings. The van der Waals surface area contributed by atoms with Crippen LogP contribution in [-0.2, 0) is 19.4 Å². The van der Waals surface area contributed by atoms with E-state index in [1.54, 1.807) is 12.4 Å². The lowest BCUT2D eigenvalue weighted by Crippen LogP contribution is -2.01. The van der Waals surface area contributed by atoms with Crippen LogP contribution in [0.25, 0.3) is 11.1 Å². The number of hydrogen-bond acceptors (Lipinski definition) is 3. The van der Waals surface area contributed by atoms with Crippen LogP contribution in [0.5, 0.6) is 5.75 Å². The molecule has 4 heteroatoms. The van der Waals surface area contributed by atoms with E-state index in [4.69, 9.17) is 0 Å². The lowest BCUT2D eigenvalue weighted by Gasteiger charge is -2.16. The molecule has 1 aromatic heterocycles. The van der Waals surface area contributed by atoms with Gasteiger partial charge in [0.2, 0.25) is 0 Å². The standard InChI is InChI=1S/C20H20N2O2/c23-11-15-7-13-5-6-14(8-16-10-21-12-22-16)18(13)9-19(15)17-3-1-2-4-20(17)24/h1-4,7,9-10,12,14,23-24H,5-6,8,11H2,(H,21,22). The second kappa shape index (κ2) is 6.13. The number of para-hydroxylation sites is 1. The molecule has 0 saturated heterocycles. The molecule has 1 atom stereocenters. The smallest absolute Gasteiger partial charge is 0.123 e. The van der Waals surface area contributed by atoms with Gasteiger partial charge in [0.25, 0.3) is 0 Å². The molecule has 4 nitrogen and oxygen atoms in total. The number of aromatic amines is 1. The maximum atomic E-state index is 10.2. The van der Waals surface area contributed by atoms with Gasteiger partial charge in [-0.1, -0.05) is 30.3 Å². The van der Waals surface area contributed by atoms with Crippen molar-refractivity contribution in [1.29, 1.82) is 0 Å².